The van der Waals surface area contributed by atoms with E-state index in [1.165, 1.54) is 30.6 Å². The minimum absolute atomic E-state index is 0.0767. The Morgan fingerprint density at radius 2 is 1.97 bits per heavy atom. The van der Waals surface area contributed by atoms with Crippen molar-refractivity contribution in [2.24, 2.45) is 11.8 Å². The summed E-state index contributed by atoms with van der Waals surface area (Å²) in [6.07, 6.45) is 6.52. The molecule has 0 unspecified atom stereocenters. The molecule has 7 heteroatoms. The molecule has 1 saturated carbocycles. The molecule has 0 bridgehead atoms. The van der Waals surface area contributed by atoms with Crippen molar-refractivity contribution < 1.29 is 4.79 Å². The van der Waals surface area contributed by atoms with Crippen molar-refractivity contribution in [2.45, 2.75) is 58.4 Å². The molecule has 2 fully saturated rings. The molecule has 3 heterocycles. The first kappa shape index (κ1) is 22.1. The van der Waals surface area contributed by atoms with Crippen molar-refractivity contribution in [3.05, 3.63) is 45.6 Å². The van der Waals surface area contributed by atoms with Crippen LogP contribution in [-0.2, 0) is 4.79 Å². The summed E-state index contributed by atoms with van der Waals surface area (Å²) >= 11 is 1.44. The van der Waals surface area contributed by atoms with Crippen molar-refractivity contribution in [3.63, 3.8) is 0 Å². The van der Waals surface area contributed by atoms with E-state index in [1.54, 1.807) is 0 Å². The third-order valence-corrected chi connectivity index (χ3v) is 8.35. The van der Waals surface area contributed by atoms with Crippen LogP contribution in [0.4, 0.5) is 5.95 Å². The number of nitrogens with zero attached hydrogens (tertiary/aromatic N) is 2. The molecule has 2 N–H and O–H groups in total. The molecule has 5 rings (SSSR count). The lowest BCUT2D eigenvalue weighted by molar-refractivity contribution is -0.126. The van der Waals surface area contributed by atoms with Crippen molar-refractivity contribution in [3.8, 4) is 11.1 Å². The van der Waals surface area contributed by atoms with Crippen LogP contribution in [0.25, 0.3) is 21.3 Å². The summed E-state index contributed by atoms with van der Waals surface area (Å²) in [5.74, 6) is 1.19. The summed E-state index contributed by atoms with van der Waals surface area (Å²) < 4.78 is 0.648. The summed E-state index contributed by atoms with van der Waals surface area (Å²) in [6, 6.07) is 8.48. The summed E-state index contributed by atoms with van der Waals surface area (Å²) in [7, 11) is 0. The lowest BCUT2D eigenvalue weighted by Gasteiger charge is -2.35. The fourth-order valence-electron chi connectivity index (χ4n) is 5.35. The third-order valence-electron chi connectivity index (χ3n) is 7.38. The van der Waals surface area contributed by atoms with E-state index < -0.39 is 0 Å². The van der Waals surface area contributed by atoms with Gasteiger partial charge in [0, 0.05) is 30.1 Å². The molecule has 0 spiro atoms. The number of fused-ring (bicyclic) bond motifs is 1. The Balaban J connectivity index is 1.39. The molecule has 1 aromatic carbocycles. The van der Waals surface area contributed by atoms with Crippen LogP contribution in [0.1, 0.15) is 51.0 Å². The second-order valence-corrected chi connectivity index (χ2v) is 10.6. The number of nitrogens with one attached hydrogen (secondary N) is 2. The minimum Gasteiger partial charge on any atom is -0.353 e. The number of hydrogen-bond donors (Lipinski definition) is 2. The zero-order chi connectivity index (χ0) is 22.9. The second kappa shape index (κ2) is 9.29. The number of thiophene rings is 1. The van der Waals surface area contributed by atoms with E-state index in [2.05, 4.69) is 41.2 Å². The summed E-state index contributed by atoms with van der Waals surface area (Å²) in [6.45, 7) is 5.70. The summed E-state index contributed by atoms with van der Waals surface area (Å²) in [5, 5.41) is 5.35. The number of amides is 1. The Hall–Kier alpha value is -2.67. The molecular weight excluding hydrogens is 432 g/mol. The zero-order valence-electron chi connectivity index (χ0n) is 19.4. The van der Waals surface area contributed by atoms with Crippen molar-refractivity contribution >= 4 is 33.4 Å². The fourth-order valence-corrected chi connectivity index (χ4v) is 6.25. The van der Waals surface area contributed by atoms with Crippen LogP contribution in [0.5, 0.6) is 0 Å². The van der Waals surface area contributed by atoms with Crippen LogP contribution in [0.2, 0.25) is 0 Å². The Kier molecular flexibility index (Phi) is 6.23. The predicted octanol–water partition coefficient (Wildman–Crippen LogP) is 4.87. The second-order valence-electron chi connectivity index (χ2n) is 9.69. The molecule has 1 aliphatic carbocycles. The average Bonchev–Trinajstić information content (AvgIpc) is 3.25. The van der Waals surface area contributed by atoms with Crippen LogP contribution in [0.3, 0.4) is 0 Å². The standard InChI is InChI=1S/C26H32N4O2S/c1-16-8-3-5-11-19(16)20-15-33-23-22(20)28-26(29-25(23)32)30-13-7-10-18(14-30)24(31)27-21-12-6-4-9-17(21)2/h3,5,8,11,15,17-18,21H,4,6-7,9-10,12-14H2,1-2H3,(H,27,31)(H,28,29,32)/t17-,18-,21-/m0/s1. The van der Waals surface area contributed by atoms with Gasteiger partial charge in [0.2, 0.25) is 11.9 Å². The van der Waals surface area contributed by atoms with Crippen molar-refractivity contribution in [2.75, 3.05) is 18.0 Å². The summed E-state index contributed by atoms with van der Waals surface area (Å²) in [5.41, 5.74) is 3.90. The van der Waals surface area contributed by atoms with E-state index in [1.807, 2.05) is 17.5 Å². The fraction of sp³-hybridized carbons (Fsp3) is 0.500. The number of aromatic nitrogens is 2. The Morgan fingerprint density at radius 3 is 2.79 bits per heavy atom. The van der Waals surface area contributed by atoms with Crippen LogP contribution >= 0.6 is 11.3 Å². The van der Waals surface area contributed by atoms with Gasteiger partial charge in [-0.1, -0.05) is 44.0 Å². The lowest BCUT2D eigenvalue weighted by Crippen LogP contribution is -2.48. The van der Waals surface area contributed by atoms with Gasteiger partial charge < -0.3 is 10.2 Å². The van der Waals surface area contributed by atoms with Gasteiger partial charge in [0.1, 0.15) is 4.70 Å². The molecule has 174 valence electrons. The molecule has 3 aromatic rings. The highest BCUT2D eigenvalue weighted by molar-refractivity contribution is 7.17. The number of anilines is 1. The normalized spacial score (nSPS) is 23.6. The Morgan fingerprint density at radius 1 is 1.15 bits per heavy atom. The van der Waals surface area contributed by atoms with Gasteiger partial charge in [-0.25, -0.2) is 4.98 Å². The van der Waals surface area contributed by atoms with Gasteiger partial charge in [-0.3, -0.25) is 14.6 Å². The van der Waals surface area contributed by atoms with Crippen LogP contribution in [0.15, 0.2) is 34.4 Å². The molecule has 2 aliphatic rings. The Bertz CT molecular complexity index is 1220. The van der Waals surface area contributed by atoms with Crippen LogP contribution in [-0.4, -0.2) is 35.0 Å². The number of benzene rings is 1. The van der Waals surface area contributed by atoms with E-state index in [-0.39, 0.29) is 17.4 Å². The topological polar surface area (TPSA) is 78.1 Å². The van der Waals surface area contributed by atoms with E-state index >= 15 is 0 Å². The Labute approximate surface area is 198 Å². The van der Waals surface area contributed by atoms with E-state index in [0.717, 1.165) is 48.0 Å². The molecule has 1 saturated heterocycles. The largest absolute Gasteiger partial charge is 0.353 e. The number of aryl methyl sites for hydroxylation is 1. The number of rotatable bonds is 4. The average molecular weight is 465 g/mol. The quantitative estimate of drug-likeness (QED) is 0.577. The SMILES string of the molecule is Cc1ccccc1-c1csc2c(=O)[nH]c(N3CCC[C@H](C(=O)N[C@H]4CCCC[C@@H]4C)C3)nc12. The zero-order valence-corrected chi connectivity index (χ0v) is 20.2. The highest BCUT2D eigenvalue weighted by atomic mass is 32.1. The molecule has 6 nitrogen and oxygen atoms in total. The van der Waals surface area contributed by atoms with Crippen molar-refractivity contribution in [1.29, 1.82) is 0 Å². The summed E-state index contributed by atoms with van der Waals surface area (Å²) in [4.78, 5) is 35.9. The molecule has 3 atom stereocenters. The first-order chi connectivity index (χ1) is 16.0. The molecular formula is C26H32N4O2S. The van der Waals surface area contributed by atoms with Gasteiger partial charge in [-0.15, -0.1) is 11.3 Å². The van der Waals surface area contributed by atoms with Gasteiger partial charge in [0.05, 0.1) is 11.4 Å². The molecule has 33 heavy (non-hydrogen) atoms. The van der Waals surface area contributed by atoms with Gasteiger partial charge in [-0.05, 0) is 49.7 Å². The van der Waals surface area contributed by atoms with Gasteiger partial charge in [0.25, 0.3) is 5.56 Å². The number of carbonyl (C=O) groups excluding carboxylic acids is 1. The lowest BCUT2D eigenvalue weighted by atomic mass is 9.85. The van der Waals surface area contributed by atoms with Crippen LogP contribution in [0, 0.1) is 18.8 Å². The van der Waals surface area contributed by atoms with E-state index in [4.69, 9.17) is 4.98 Å². The van der Waals surface area contributed by atoms with Gasteiger partial charge >= 0.3 is 0 Å². The third kappa shape index (κ3) is 4.43. The van der Waals surface area contributed by atoms with E-state index in [0.29, 0.717) is 29.2 Å². The molecule has 2 aromatic heterocycles. The molecule has 1 aliphatic heterocycles. The van der Waals surface area contributed by atoms with Gasteiger partial charge in [0.15, 0.2) is 0 Å². The first-order valence-electron chi connectivity index (χ1n) is 12.1. The van der Waals surface area contributed by atoms with E-state index in [9.17, 15) is 9.59 Å². The molecule has 1 amide bonds. The maximum Gasteiger partial charge on any atom is 0.270 e. The first-order valence-corrected chi connectivity index (χ1v) is 13.0. The number of aromatic amines is 1. The van der Waals surface area contributed by atoms with Crippen LogP contribution < -0.4 is 15.8 Å². The smallest absolute Gasteiger partial charge is 0.270 e. The van der Waals surface area contributed by atoms with Gasteiger partial charge in [-0.2, -0.15) is 0 Å². The highest BCUT2D eigenvalue weighted by Gasteiger charge is 2.30. The monoisotopic (exact) mass is 464 g/mol. The number of H-pyrrole nitrogens is 1. The molecule has 0 radical (unpaired) electrons. The maximum atomic E-state index is 13.1. The van der Waals surface area contributed by atoms with Crippen molar-refractivity contribution in [1.82, 2.24) is 15.3 Å². The number of hydrogen-bond acceptors (Lipinski definition) is 5. The number of carbonyl (C=O) groups is 1. The predicted molar refractivity (Wildman–Crippen MR) is 135 cm³/mol. The minimum atomic E-state index is -0.109. The highest BCUT2D eigenvalue weighted by Crippen LogP contribution is 2.34. The maximum absolute atomic E-state index is 13.1. The number of piperidine rings is 1.